The molecular formula is C23H25FN8O2. The van der Waals surface area contributed by atoms with Crippen LogP contribution in [0.5, 0.6) is 0 Å². The normalized spacial score (nSPS) is 12.2. The van der Waals surface area contributed by atoms with E-state index in [1.54, 1.807) is 42.9 Å². The van der Waals surface area contributed by atoms with Gasteiger partial charge < -0.3 is 10.4 Å². The van der Waals surface area contributed by atoms with Crippen LogP contribution >= 0.6 is 0 Å². The molecule has 0 aliphatic carbocycles. The molecule has 0 fully saturated rings. The zero-order chi connectivity index (χ0) is 24.4. The van der Waals surface area contributed by atoms with Crippen LogP contribution in [-0.2, 0) is 0 Å². The largest absolute Gasteiger partial charge is 0.394 e. The van der Waals surface area contributed by atoms with Crippen LogP contribution in [0.1, 0.15) is 48.8 Å². The van der Waals surface area contributed by atoms with E-state index in [2.05, 4.69) is 30.9 Å². The van der Waals surface area contributed by atoms with Gasteiger partial charge in [-0.3, -0.25) is 9.48 Å². The Labute approximate surface area is 195 Å². The van der Waals surface area contributed by atoms with Gasteiger partial charge in [0.05, 0.1) is 24.4 Å². The molecule has 0 spiro atoms. The van der Waals surface area contributed by atoms with Crippen LogP contribution in [0.4, 0.5) is 10.2 Å². The maximum Gasteiger partial charge on any atom is 0.259 e. The van der Waals surface area contributed by atoms with Crippen molar-refractivity contribution in [1.82, 2.24) is 35.0 Å². The van der Waals surface area contributed by atoms with E-state index in [1.807, 2.05) is 20.0 Å². The van der Waals surface area contributed by atoms with Gasteiger partial charge in [-0.15, -0.1) is 5.10 Å². The summed E-state index contributed by atoms with van der Waals surface area (Å²) < 4.78 is 18.0. The van der Waals surface area contributed by atoms with Gasteiger partial charge in [-0.1, -0.05) is 6.07 Å². The predicted molar refractivity (Wildman–Crippen MR) is 124 cm³/mol. The third kappa shape index (κ3) is 4.55. The Kier molecular flexibility index (Phi) is 6.46. The molecule has 0 bridgehead atoms. The molecule has 1 aromatic carbocycles. The second-order valence-corrected chi connectivity index (χ2v) is 8.29. The number of rotatable bonds is 7. The number of amides is 1. The summed E-state index contributed by atoms with van der Waals surface area (Å²) in [6.45, 7) is 7.41. The summed E-state index contributed by atoms with van der Waals surface area (Å²) in [4.78, 5) is 17.4. The van der Waals surface area contributed by atoms with Crippen molar-refractivity contribution >= 4 is 11.7 Å². The molecule has 3 heterocycles. The van der Waals surface area contributed by atoms with E-state index in [4.69, 9.17) is 0 Å². The van der Waals surface area contributed by atoms with Gasteiger partial charge in [0.15, 0.2) is 0 Å². The number of hydrogen-bond acceptors (Lipinski definition) is 7. The number of hydrogen-bond donors (Lipinski definition) is 2. The van der Waals surface area contributed by atoms with Gasteiger partial charge in [-0.05, 0) is 73.5 Å². The van der Waals surface area contributed by atoms with E-state index < -0.39 is 11.7 Å². The number of carbonyl (C=O) groups is 1. The van der Waals surface area contributed by atoms with Crippen molar-refractivity contribution in [1.29, 1.82) is 0 Å². The molecule has 3 aromatic heterocycles. The van der Waals surface area contributed by atoms with Crippen molar-refractivity contribution in [2.45, 2.75) is 39.8 Å². The average molecular weight is 465 g/mol. The lowest BCUT2D eigenvalue weighted by Crippen LogP contribution is -2.16. The number of aliphatic hydroxyl groups is 1. The molecule has 11 heteroatoms. The van der Waals surface area contributed by atoms with Crippen LogP contribution < -0.4 is 5.32 Å². The first-order chi connectivity index (χ1) is 16.3. The molecule has 0 saturated heterocycles. The highest BCUT2D eigenvalue weighted by atomic mass is 19.1. The second kappa shape index (κ2) is 9.48. The summed E-state index contributed by atoms with van der Waals surface area (Å²) in [6, 6.07) is 7.63. The minimum atomic E-state index is -0.636. The van der Waals surface area contributed by atoms with E-state index >= 15 is 0 Å². The number of tetrazole rings is 1. The smallest absolute Gasteiger partial charge is 0.259 e. The topological polar surface area (TPSA) is 124 Å². The summed E-state index contributed by atoms with van der Waals surface area (Å²) in [5.74, 6) is -0.721. The maximum atomic E-state index is 14.8. The lowest BCUT2D eigenvalue weighted by Gasteiger charge is -2.12. The van der Waals surface area contributed by atoms with Crippen molar-refractivity contribution in [3.8, 4) is 22.6 Å². The van der Waals surface area contributed by atoms with E-state index in [0.29, 0.717) is 17.1 Å². The fourth-order valence-electron chi connectivity index (χ4n) is 3.47. The molecule has 34 heavy (non-hydrogen) atoms. The van der Waals surface area contributed by atoms with Crippen LogP contribution in [-0.4, -0.2) is 52.6 Å². The lowest BCUT2D eigenvalue weighted by molar-refractivity contribution is 0.102. The molecule has 1 atom stereocenters. The van der Waals surface area contributed by atoms with Gasteiger partial charge in [0.25, 0.3) is 5.91 Å². The summed E-state index contributed by atoms with van der Waals surface area (Å²) in [7, 11) is 0. The van der Waals surface area contributed by atoms with Gasteiger partial charge in [0.1, 0.15) is 17.3 Å². The standard InChI is InChI=1S/C23H25FN8O2/c1-13(2)31-11-16(10-25-31)17-9-18(19(24)8-14(17)3)23(34)27-21-7-5-6-20(26-21)22-28-29-30-32(22)15(4)12-33/h5-11,13,15,33H,12H2,1-4H3,(H,26,27,34)/t15-/m1/s1. The number of aromatic nitrogens is 7. The zero-order valence-corrected chi connectivity index (χ0v) is 19.3. The van der Waals surface area contributed by atoms with Crippen molar-refractivity contribution in [2.75, 3.05) is 11.9 Å². The van der Waals surface area contributed by atoms with Gasteiger partial charge in [-0.2, -0.15) is 5.10 Å². The van der Waals surface area contributed by atoms with Gasteiger partial charge in [0, 0.05) is 17.8 Å². The highest BCUT2D eigenvalue weighted by Gasteiger charge is 2.19. The summed E-state index contributed by atoms with van der Waals surface area (Å²) in [6.07, 6.45) is 3.57. The van der Waals surface area contributed by atoms with Crippen LogP contribution in [0.25, 0.3) is 22.6 Å². The predicted octanol–water partition coefficient (Wildman–Crippen LogP) is 3.43. The maximum absolute atomic E-state index is 14.8. The number of anilines is 1. The number of pyridine rings is 1. The Morgan fingerprint density at radius 1 is 1.24 bits per heavy atom. The van der Waals surface area contributed by atoms with Crippen LogP contribution in [0.2, 0.25) is 0 Å². The highest BCUT2D eigenvalue weighted by molar-refractivity contribution is 6.05. The second-order valence-electron chi connectivity index (χ2n) is 8.29. The average Bonchev–Trinajstić information content (AvgIpc) is 3.49. The zero-order valence-electron chi connectivity index (χ0n) is 19.3. The molecule has 1 amide bonds. The number of benzene rings is 1. The number of carbonyl (C=O) groups excluding carboxylic acids is 1. The quantitative estimate of drug-likeness (QED) is 0.429. The van der Waals surface area contributed by atoms with Crippen LogP contribution in [0.15, 0.2) is 42.7 Å². The van der Waals surface area contributed by atoms with Crippen LogP contribution in [0.3, 0.4) is 0 Å². The van der Waals surface area contributed by atoms with Crippen LogP contribution in [0, 0.1) is 12.7 Å². The van der Waals surface area contributed by atoms with Crippen molar-refractivity contribution < 1.29 is 14.3 Å². The molecule has 10 nitrogen and oxygen atoms in total. The molecule has 0 unspecified atom stereocenters. The Bertz CT molecular complexity index is 1330. The Morgan fingerprint density at radius 3 is 2.74 bits per heavy atom. The highest BCUT2D eigenvalue weighted by Crippen LogP contribution is 2.27. The van der Waals surface area contributed by atoms with Gasteiger partial charge >= 0.3 is 0 Å². The fourth-order valence-corrected chi connectivity index (χ4v) is 3.47. The fraction of sp³-hybridized carbons (Fsp3) is 0.304. The third-order valence-electron chi connectivity index (χ3n) is 5.39. The molecule has 2 N–H and O–H groups in total. The number of aliphatic hydroxyl groups excluding tert-OH is 1. The molecular weight excluding hydrogens is 439 g/mol. The number of aryl methyl sites for hydroxylation is 1. The summed E-state index contributed by atoms with van der Waals surface area (Å²) >= 11 is 0. The van der Waals surface area contributed by atoms with Gasteiger partial charge in [-0.25, -0.2) is 14.1 Å². The Hall–Kier alpha value is -3.99. The van der Waals surface area contributed by atoms with Crippen molar-refractivity contribution in [3.63, 3.8) is 0 Å². The monoisotopic (exact) mass is 464 g/mol. The molecule has 4 aromatic rings. The van der Waals surface area contributed by atoms with E-state index in [1.165, 1.54) is 16.8 Å². The number of halogens is 1. The first-order valence-corrected chi connectivity index (χ1v) is 10.8. The molecule has 0 aliphatic rings. The van der Waals surface area contributed by atoms with Crippen molar-refractivity contribution in [3.05, 3.63) is 59.7 Å². The first kappa shape index (κ1) is 23.2. The summed E-state index contributed by atoms with van der Waals surface area (Å²) in [5, 5.41) is 27.9. The molecule has 176 valence electrons. The minimum Gasteiger partial charge on any atom is -0.394 e. The SMILES string of the molecule is Cc1cc(F)c(C(=O)Nc2cccc(-c3nnnn3[C@H](C)CO)n2)cc1-c1cnn(C(C)C)c1. The Morgan fingerprint density at radius 2 is 2.03 bits per heavy atom. The van der Waals surface area contributed by atoms with E-state index in [0.717, 1.165) is 11.1 Å². The third-order valence-corrected chi connectivity index (χ3v) is 5.39. The number of nitrogens with one attached hydrogen (secondary N) is 1. The first-order valence-electron chi connectivity index (χ1n) is 10.8. The molecule has 0 radical (unpaired) electrons. The molecule has 0 saturated carbocycles. The lowest BCUT2D eigenvalue weighted by atomic mass is 9.99. The summed E-state index contributed by atoms with van der Waals surface area (Å²) in [5.41, 5.74) is 2.50. The number of nitrogens with zero attached hydrogens (tertiary/aromatic N) is 7. The Balaban J connectivity index is 1.62. The van der Waals surface area contributed by atoms with E-state index in [9.17, 15) is 14.3 Å². The molecule has 0 aliphatic heterocycles. The van der Waals surface area contributed by atoms with Crippen molar-refractivity contribution in [2.24, 2.45) is 0 Å². The minimum absolute atomic E-state index is 0.108. The molecule has 4 rings (SSSR count). The van der Waals surface area contributed by atoms with E-state index in [-0.39, 0.29) is 30.1 Å². The van der Waals surface area contributed by atoms with Gasteiger partial charge in [0.2, 0.25) is 5.82 Å².